The van der Waals surface area contributed by atoms with Gasteiger partial charge in [-0.15, -0.1) is 0 Å². The third-order valence-corrected chi connectivity index (χ3v) is 6.24. The molecule has 3 heterocycles. The summed E-state index contributed by atoms with van der Waals surface area (Å²) in [4.78, 5) is 8.66. The summed E-state index contributed by atoms with van der Waals surface area (Å²) < 4.78 is 19.6. The molecule has 1 saturated carbocycles. The first-order valence-corrected chi connectivity index (χ1v) is 10.1. The van der Waals surface area contributed by atoms with Crippen LogP contribution in [0.15, 0.2) is 42.9 Å². The van der Waals surface area contributed by atoms with Gasteiger partial charge in [-0.3, -0.25) is 9.97 Å². The van der Waals surface area contributed by atoms with Crippen molar-refractivity contribution in [2.24, 2.45) is 0 Å². The highest BCUT2D eigenvalue weighted by atomic mass is 19.1. The topological polar surface area (TPSA) is 47.0 Å². The van der Waals surface area contributed by atoms with Crippen molar-refractivity contribution in [3.05, 3.63) is 59.9 Å². The maximum absolute atomic E-state index is 13.3. The monoisotopic (exact) mass is 369 g/mol. The molecule has 27 heavy (non-hydrogen) atoms. The Morgan fingerprint density at radius 1 is 1.15 bits per heavy atom. The molecule has 1 saturated heterocycles. The molecule has 1 aliphatic heterocycles. The first-order chi connectivity index (χ1) is 13.2. The average Bonchev–Trinajstić information content (AvgIpc) is 3.13. The van der Waals surface area contributed by atoms with Gasteiger partial charge in [-0.2, -0.15) is 0 Å². The van der Waals surface area contributed by atoms with Gasteiger partial charge < -0.3 is 10.1 Å². The Bertz CT molecular complexity index is 748. The van der Waals surface area contributed by atoms with Gasteiger partial charge in [0, 0.05) is 36.7 Å². The van der Waals surface area contributed by atoms with Crippen LogP contribution in [0, 0.1) is 5.82 Å². The van der Waals surface area contributed by atoms with Crippen molar-refractivity contribution in [1.29, 1.82) is 0 Å². The molecule has 0 bridgehead atoms. The fourth-order valence-corrected chi connectivity index (χ4v) is 4.91. The zero-order valence-electron chi connectivity index (χ0n) is 15.8. The van der Waals surface area contributed by atoms with Gasteiger partial charge in [0.05, 0.1) is 11.8 Å². The summed E-state index contributed by atoms with van der Waals surface area (Å²) in [6.45, 7) is 2.30. The molecule has 4 rings (SSSR count). The lowest BCUT2D eigenvalue weighted by Crippen LogP contribution is -2.47. The van der Waals surface area contributed by atoms with Crippen molar-refractivity contribution in [2.75, 3.05) is 13.2 Å². The van der Waals surface area contributed by atoms with E-state index in [0.717, 1.165) is 38.0 Å². The minimum atomic E-state index is -0.285. The number of hydrogen-bond donors (Lipinski definition) is 1. The summed E-state index contributed by atoms with van der Waals surface area (Å²) in [6.07, 6.45) is 12.8. The normalized spacial score (nSPS) is 24.3. The van der Waals surface area contributed by atoms with E-state index in [1.54, 1.807) is 6.20 Å². The first kappa shape index (κ1) is 18.5. The lowest BCUT2D eigenvalue weighted by molar-refractivity contribution is -0.104. The van der Waals surface area contributed by atoms with Crippen LogP contribution in [0.5, 0.6) is 0 Å². The second-order valence-corrected chi connectivity index (χ2v) is 8.10. The van der Waals surface area contributed by atoms with Crippen molar-refractivity contribution < 1.29 is 9.13 Å². The predicted molar refractivity (Wildman–Crippen MR) is 103 cm³/mol. The molecule has 0 unspecified atom stereocenters. The van der Waals surface area contributed by atoms with Gasteiger partial charge in [-0.05, 0) is 62.4 Å². The van der Waals surface area contributed by atoms with E-state index < -0.39 is 0 Å². The highest BCUT2D eigenvalue weighted by Crippen LogP contribution is 2.49. The van der Waals surface area contributed by atoms with E-state index in [1.807, 2.05) is 12.3 Å². The summed E-state index contributed by atoms with van der Waals surface area (Å²) in [5.74, 6) is -0.285. The lowest BCUT2D eigenvalue weighted by atomic mass is 9.68. The minimum absolute atomic E-state index is 0.0439. The van der Waals surface area contributed by atoms with Crippen LogP contribution in [0.1, 0.15) is 56.2 Å². The maximum atomic E-state index is 13.3. The van der Waals surface area contributed by atoms with Gasteiger partial charge in [0.1, 0.15) is 5.82 Å². The van der Waals surface area contributed by atoms with E-state index in [-0.39, 0.29) is 16.8 Å². The number of nitrogens with one attached hydrogen (secondary N) is 1. The molecule has 2 fully saturated rings. The van der Waals surface area contributed by atoms with Crippen LogP contribution in [0.3, 0.4) is 0 Å². The summed E-state index contributed by atoms with van der Waals surface area (Å²) in [7, 11) is 0. The summed E-state index contributed by atoms with van der Waals surface area (Å²) >= 11 is 0. The van der Waals surface area contributed by atoms with Crippen LogP contribution in [0.25, 0.3) is 0 Å². The second-order valence-electron chi connectivity index (χ2n) is 8.10. The third-order valence-electron chi connectivity index (χ3n) is 6.24. The Morgan fingerprint density at radius 2 is 2.04 bits per heavy atom. The molecule has 5 heteroatoms. The van der Waals surface area contributed by atoms with Gasteiger partial charge in [0.15, 0.2) is 0 Å². The number of ether oxygens (including phenoxy) is 1. The molecule has 144 valence electrons. The molecule has 1 spiro atoms. The Morgan fingerprint density at radius 3 is 2.81 bits per heavy atom. The van der Waals surface area contributed by atoms with E-state index in [0.29, 0.717) is 6.54 Å². The number of aromatic nitrogens is 2. The zero-order chi connectivity index (χ0) is 18.6. The Kier molecular flexibility index (Phi) is 5.50. The van der Waals surface area contributed by atoms with Crippen LogP contribution >= 0.6 is 0 Å². The largest absolute Gasteiger partial charge is 0.375 e. The quantitative estimate of drug-likeness (QED) is 0.777. The van der Waals surface area contributed by atoms with Crippen molar-refractivity contribution in [1.82, 2.24) is 15.3 Å². The molecule has 1 atom stereocenters. The maximum Gasteiger partial charge on any atom is 0.141 e. The molecule has 2 aromatic heterocycles. The Hall–Kier alpha value is -1.85. The Balaban J connectivity index is 1.45. The standard InChI is InChI=1S/C22H28FN3O/c23-19-13-18(15-25-16-19)14-24-11-8-21(20-5-1-4-10-26-20)9-12-27-22(17-21)6-2-3-7-22/h1,4-5,10,13,15-16,24H,2-3,6-9,11-12,14,17H2/t21-/m0/s1. The van der Waals surface area contributed by atoms with Crippen LogP contribution in [0.4, 0.5) is 4.39 Å². The highest BCUT2D eigenvalue weighted by molar-refractivity contribution is 5.21. The minimum Gasteiger partial charge on any atom is -0.375 e. The third kappa shape index (κ3) is 4.19. The molecule has 2 aromatic rings. The summed E-state index contributed by atoms with van der Waals surface area (Å²) in [5, 5.41) is 3.47. The molecule has 0 aromatic carbocycles. The van der Waals surface area contributed by atoms with E-state index in [9.17, 15) is 4.39 Å². The van der Waals surface area contributed by atoms with Gasteiger partial charge in [-0.1, -0.05) is 18.9 Å². The fourth-order valence-electron chi connectivity index (χ4n) is 4.91. The van der Waals surface area contributed by atoms with Gasteiger partial charge in [0.2, 0.25) is 0 Å². The van der Waals surface area contributed by atoms with Crippen molar-refractivity contribution in [3.63, 3.8) is 0 Å². The molecule has 2 aliphatic rings. The van der Waals surface area contributed by atoms with E-state index in [1.165, 1.54) is 43.6 Å². The molecule has 1 N–H and O–H groups in total. The predicted octanol–water partition coefficient (Wildman–Crippen LogP) is 4.16. The number of hydrogen-bond acceptors (Lipinski definition) is 4. The number of pyridine rings is 2. The van der Waals surface area contributed by atoms with Crippen LogP contribution in [0.2, 0.25) is 0 Å². The average molecular weight is 369 g/mol. The highest BCUT2D eigenvalue weighted by Gasteiger charge is 2.48. The molecule has 1 aliphatic carbocycles. The van der Waals surface area contributed by atoms with Crippen LogP contribution in [-0.2, 0) is 16.7 Å². The number of nitrogens with zero attached hydrogens (tertiary/aromatic N) is 2. The summed E-state index contributed by atoms with van der Waals surface area (Å²) in [5.41, 5.74) is 2.16. The molecule has 0 radical (unpaired) electrons. The molecule has 0 amide bonds. The van der Waals surface area contributed by atoms with Gasteiger partial charge in [0.25, 0.3) is 0 Å². The summed E-state index contributed by atoms with van der Waals surface area (Å²) in [6, 6.07) is 7.78. The van der Waals surface area contributed by atoms with E-state index in [4.69, 9.17) is 9.72 Å². The lowest BCUT2D eigenvalue weighted by Gasteiger charge is -2.46. The zero-order valence-corrected chi connectivity index (χ0v) is 15.8. The van der Waals surface area contributed by atoms with Crippen LogP contribution in [-0.4, -0.2) is 28.7 Å². The smallest absolute Gasteiger partial charge is 0.141 e. The molecule has 4 nitrogen and oxygen atoms in total. The SMILES string of the molecule is Fc1cncc(CNCC[C@]2(c3ccccn3)CCOC3(CCCC3)C2)c1. The fraction of sp³-hybridized carbons (Fsp3) is 0.545. The molecular weight excluding hydrogens is 341 g/mol. The van der Waals surface area contributed by atoms with Crippen molar-refractivity contribution in [2.45, 2.75) is 62.5 Å². The second kappa shape index (κ2) is 8.03. The molecular formula is C22H28FN3O. The van der Waals surface area contributed by atoms with Gasteiger partial charge >= 0.3 is 0 Å². The van der Waals surface area contributed by atoms with Crippen molar-refractivity contribution in [3.8, 4) is 0 Å². The van der Waals surface area contributed by atoms with E-state index in [2.05, 4.69) is 22.4 Å². The van der Waals surface area contributed by atoms with Gasteiger partial charge in [-0.25, -0.2) is 4.39 Å². The van der Waals surface area contributed by atoms with Crippen LogP contribution < -0.4 is 5.32 Å². The number of rotatable bonds is 6. The Labute approximate surface area is 160 Å². The first-order valence-electron chi connectivity index (χ1n) is 10.1. The van der Waals surface area contributed by atoms with E-state index >= 15 is 0 Å². The number of halogens is 1. The van der Waals surface area contributed by atoms with Crippen molar-refractivity contribution >= 4 is 0 Å².